The SMILES string of the molecule is CC1CCN(c2ncc(CN3CCC(N(C)CCN(C)C)CC3)cn2)CC1. The lowest BCUT2D eigenvalue weighted by Gasteiger charge is -2.37. The predicted octanol–water partition coefficient (Wildman–Crippen LogP) is 2.17. The van der Waals surface area contributed by atoms with E-state index in [2.05, 4.69) is 57.6 Å². The van der Waals surface area contributed by atoms with Gasteiger partial charge in [0.2, 0.25) is 5.95 Å². The number of hydrogen-bond acceptors (Lipinski definition) is 6. The molecule has 6 heteroatoms. The highest BCUT2D eigenvalue weighted by Crippen LogP contribution is 2.21. The van der Waals surface area contributed by atoms with Crippen molar-refractivity contribution in [2.24, 2.45) is 5.92 Å². The molecular formula is C21H38N6. The minimum absolute atomic E-state index is 0.723. The Morgan fingerprint density at radius 2 is 1.56 bits per heavy atom. The smallest absolute Gasteiger partial charge is 0.225 e. The molecule has 2 saturated heterocycles. The molecule has 0 amide bonds. The van der Waals surface area contributed by atoms with Crippen molar-refractivity contribution in [1.29, 1.82) is 0 Å². The van der Waals surface area contributed by atoms with Crippen molar-refractivity contribution in [2.75, 3.05) is 65.3 Å². The van der Waals surface area contributed by atoms with Crippen molar-refractivity contribution >= 4 is 5.95 Å². The highest BCUT2D eigenvalue weighted by molar-refractivity contribution is 5.30. The molecule has 0 aliphatic carbocycles. The van der Waals surface area contributed by atoms with Gasteiger partial charge in [-0.15, -0.1) is 0 Å². The summed E-state index contributed by atoms with van der Waals surface area (Å²) in [5.74, 6) is 1.75. The lowest BCUT2D eigenvalue weighted by Crippen LogP contribution is -2.44. The third-order valence-electron chi connectivity index (χ3n) is 6.24. The minimum atomic E-state index is 0.723. The molecule has 27 heavy (non-hydrogen) atoms. The largest absolute Gasteiger partial charge is 0.341 e. The summed E-state index contributed by atoms with van der Waals surface area (Å²) in [4.78, 5) is 19.0. The number of likely N-dealkylation sites (tertiary alicyclic amines) is 1. The van der Waals surface area contributed by atoms with Gasteiger partial charge < -0.3 is 14.7 Å². The summed E-state index contributed by atoms with van der Waals surface area (Å²) < 4.78 is 0. The summed E-state index contributed by atoms with van der Waals surface area (Å²) in [5, 5.41) is 0. The molecule has 1 aromatic heterocycles. The van der Waals surface area contributed by atoms with Gasteiger partial charge in [-0.3, -0.25) is 4.90 Å². The molecule has 3 heterocycles. The fourth-order valence-electron chi connectivity index (χ4n) is 4.12. The van der Waals surface area contributed by atoms with E-state index < -0.39 is 0 Å². The lowest BCUT2D eigenvalue weighted by atomic mass is 10.00. The fourth-order valence-corrected chi connectivity index (χ4v) is 4.12. The minimum Gasteiger partial charge on any atom is -0.341 e. The summed E-state index contributed by atoms with van der Waals surface area (Å²) >= 11 is 0. The van der Waals surface area contributed by atoms with Crippen LogP contribution >= 0.6 is 0 Å². The molecule has 1 aromatic rings. The Morgan fingerprint density at radius 1 is 0.926 bits per heavy atom. The van der Waals surface area contributed by atoms with E-state index in [0.717, 1.165) is 50.6 Å². The number of piperidine rings is 2. The average Bonchev–Trinajstić information content (AvgIpc) is 2.68. The Labute approximate surface area is 165 Å². The summed E-state index contributed by atoms with van der Waals surface area (Å²) in [6.45, 7) is 10.1. The molecule has 3 rings (SSSR count). The van der Waals surface area contributed by atoms with Gasteiger partial charge in [-0.05, 0) is 65.8 Å². The monoisotopic (exact) mass is 374 g/mol. The number of anilines is 1. The molecule has 0 atom stereocenters. The fraction of sp³-hybridized carbons (Fsp3) is 0.810. The van der Waals surface area contributed by atoms with Gasteiger partial charge in [-0.2, -0.15) is 0 Å². The van der Waals surface area contributed by atoms with E-state index in [4.69, 9.17) is 0 Å². The van der Waals surface area contributed by atoms with E-state index in [-0.39, 0.29) is 0 Å². The lowest BCUT2D eigenvalue weighted by molar-refractivity contribution is 0.118. The van der Waals surface area contributed by atoms with Crippen LogP contribution in [0.4, 0.5) is 5.95 Å². The van der Waals surface area contributed by atoms with Crippen LogP contribution in [0.5, 0.6) is 0 Å². The zero-order valence-electron chi connectivity index (χ0n) is 17.8. The first-order valence-corrected chi connectivity index (χ1v) is 10.6. The molecule has 0 N–H and O–H groups in total. The molecule has 0 unspecified atom stereocenters. The number of aromatic nitrogens is 2. The second-order valence-electron chi connectivity index (χ2n) is 8.85. The molecule has 0 bridgehead atoms. The van der Waals surface area contributed by atoms with E-state index in [1.165, 1.54) is 44.3 Å². The first-order chi connectivity index (χ1) is 13.0. The number of nitrogens with zero attached hydrogens (tertiary/aromatic N) is 6. The molecule has 2 fully saturated rings. The van der Waals surface area contributed by atoms with Crippen LogP contribution in [0.3, 0.4) is 0 Å². The zero-order valence-corrected chi connectivity index (χ0v) is 17.8. The first-order valence-electron chi connectivity index (χ1n) is 10.6. The topological polar surface area (TPSA) is 38.7 Å². The molecule has 0 aromatic carbocycles. The molecule has 0 saturated carbocycles. The number of rotatable bonds is 7. The quantitative estimate of drug-likeness (QED) is 0.728. The van der Waals surface area contributed by atoms with Gasteiger partial charge in [0.25, 0.3) is 0 Å². The Hall–Kier alpha value is -1.24. The normalized spacial score (nSPS) is 20.7. The number of hydrogen-bond donors (Lipinski definition) is 0. The van der Waals surface area contributed by atoms with Crippen LogP contribution in [0.15, 0.2) is 12.4 Å². The maximum absolute atomic E-state index is 4.65. The molecular weight excluding hydrogens is 336 g/mol. The third-order valence-corrected chi connectivity index (χ3v) is 6.24. The Balaban J connectivity index is 1.42. The zero-order chi connectivity index (χ0) is 19.2. The van der Waals surface area contributed by atoms with Gasteiger partial charge in [-0.1, -0.05) is 6.92 Å². The van der Waals surface area contributed by atoms with E-state index >= 15 is 0 Å². The van der Waals surface area contributed by atoms with Gasteiger partial charge in [0.15, 0.2) is 0 Å². The van der Waals surface area contributed by atoms with Crippen LogP contribution in [0.2, 0.25) is 0 Å². The average molecular weight is 375 g/mol. The van der Waals surface area contributed by atoms with Crippen molar-refractivity contribution in [3.8, 4) is 0 Å². The molecule has 0 radical (unpaired) electrons. The standard InChI is InChI=1S/C21H38N6/c1-18-5-11-27(12-6-18)21-22-15-19(16-23-21)17-26-9-7-20(8-10-26)25(4)14-13-24(2)3/h15-16,18,20H,5-14,17H2,1-4H3. The Kier molecular flexibility index (Phi) is 7.44. The summed E-state index contributed by atoms with van der Waals surface area (Å²) in [7, 11) is 6.57. The van der Waals surface area contributed by atoms with Gasteiger partial charge in [0, 0.05) is 56.7 Å². The third kappa shape index (κ3) is 6.13. The van der Waals surface area contributed by atoms with Crippen LogP contribution in [0.25, 0.3) is 0 Å². The van der Waals surface area contributed by atoms with Gasteiger partial charge in [-0.25, -0.2) is 9.97 Å². The molecule has 6 nitrogen and oxygen atoms in total. The van der Waals surface area contributed by atoms with E-state index in [1.807, 2.05) is 12.4 Å². The Morgan fingerprint density at radius 3 is 2.15 bits per heavy atom. The van der Waals surface area contributed by atoms with Crippen LogP contribution in [0, 0.1) is 5.92 Å². The highest BCUT2D eigenvalue weighted by Gasteiger charge is 2.23. The second kappa shape index (κ2) is 9.80. The van der Waals surface area contributed by atoms with Crippen LogP contribution < -0.4 is 4.90 Å². The van der Waals surface area contributed by atoms with Crippen LogP contribution in [-0.2, 0) is 6.54 Å². The number of likely N-dealkylation sites (N-methyl/N-ethyl adjacent to an activating group) is 2. The maximum atomic E-state index is 4.65. The van der Waals surface area contributed by atoms with Crippen molar-refractivity contribution in [3.63, 3.8) is 0 Å². The second-order valence-corrected chi connectivity index (χ2v) is 8.85. The molecule has 2 aliphatic rings. The highest BCUT2D eigenvalue weighted by atomic mass is 15.3. The van der Waals surface area contributed by atoms with Gasteiger partial charge >= 0.3 is 0 Å². The summed E-state index contributed by atoms with van der Waals surface area (Å²) in [6.07, 6.45) is 9.10. The van der Waals surface area contributed by atoms with Crippen molar-refractivity contribution in [2.45, 2.75) is 45.2 Å². The van der Waals surface area contributed by atoms with E-state index in [0.29, 0.717) is 0 Å². The maximum Gasteiger partial charge on any atom is 0.225 e. The molecule has 2 aliphatic heterocycles. The molecule has 0 spiro atoms. The van der Waals surface area contributed by atoms with Crippen molar-refractivity contribution in [1.82, 2.24) is 24.7 Å². The predicted molar refractivity (Wildman–Crippen MR) is 112 cm³/mol. The van der Waals surface area contributed by atoms with Crippen molar-refractivity contribution < 1.29 is 0 Å². The molecule has 152 valence electrons. The van der Waals surface area contributed by atoms with Gasteiger partial charge in [0.05, 0.1) is 0 Å². The van der Waals surface area contributed by atoms with Gasteiger partial charge in [0.1, 0.15) is 0 Å². The van der Waals surface area contributed by atoms with Crippen LogP contribution in [-0.4, -0.2) is 91.1 Å². The summed E-state index contributed by atoms with van der Waals surface area (Å²) in [6, 6.07) is 0.723. The van der Waals surface area contributed by atoms with Crippen LogP contribution in [0.1, 0.15) is 38.2 Å². The first kappa shape index (κ1) is 20.5. The van der Waals surface area contributed by atoms with Crippen molar-refractivity contribution in [3.05, 3.63) is 18.0 Å². The van der Waals surface area contributed by atoms with E-state index in [1.54, 1.807) is 0 Å². The Bertz CT molecular complexity index is 544. The summed E-state index contributed by atoms with van der Waals surface area (Å²) in [5.41, 5.74) is 1.24. The van der Waals surface area contributed by atoms with E-state index in [9.17, 15) is 0 Å².